The van der Waals surface area contributed by atoms with Gasteiger partial charge in [0.25, 0.3) is 0 Å². The Morgan fingerprint density at radius 2 is 1.74 bits per heavy atom. The van der Waals surface area contributed by atoms with Gasteiger partial charge < -0.3 is 9.47 Å². The van der Waals surface area contributed by atoms with Crippen LogP contribution in [0.2, 0.25) is 0 Å². The molecule has 1 saturated heterocycles. The molecule has 1 saturated carbocycles. The molecule has 27 heavy (non-hydrogen) atoms. The van der Waals surface area contributed by atoms with Gasteiger partial charge in [0, 0.05) is 35.4 Å². The topological polar surface area (TPSA) is 36.3 Å². The molecule has 0 unspecified atom stereocenters. The van der Waals surface area contributed by atoms with Crippen molar-refractivity contribution < 1.29 is 9.47 Å². The van der Waals surface area contributed by atoms with E-state index in [9.17, 15) is 0 Å². The number of nitrogens with zero attached hydrogens (tertiary/aromatic N) is 2. The molecule has 1 aliphatic heterocycles. The lowest BCUT2D eigenvalue weighted by atomic mass is 9.49. The minimum absolute atomic E-state index is 0.0291. The zero-order valence-corrected chi connectivity index (χ0v) is 16.9. The normalized spacial score (nSPS) is 30.9. The van der Waals surface area contributed by atoms with Crippen LogP contribution < -0.4 is 0 Å². The van der Waals surface area contributed by atoms with Crippen molar-refractivity contribution in [2.45, 2.75) is 57.7 Å². The lowest BCUT2D eigenvalue weighted by Gasteiger charge is -2.59. The Kier molecular flexibility index (Phi) is 3.67. The molecule has 1 aromatic heterocycles. The van der Waals surface area contributed by atoms with Crippen molar-refractivity contribution in [1.29, 1.82) is 0 Å². The minimum atomic E-state index is -0.411. The van der Waals surface area contributed by atoms with Crippen molar-refractivity contribution in [1.82, 2.24) is 9.78 Å². The summed E-state index contributed by atoms with van der Waals surface area (Å²) in [5.74, 6) is 0.0917. The van der Waals surface area contributed by atoms with Crippen molar-refractivity contribution in [2.24, 2.45) is 18.4 Å². The van der Waals surface area contributed by atoms with E-state index in [1.165, 1.54) is 22.5 Å². The third kappa shape index (κ3) is 2.20. The average molecular weight is 367 g/mol. The van der Waals surface area contributed by atoms with E-state index in [0.717, 1.165) is 38.9 Å². The van der Waals surface area contributed by atoms with Crippen LogP contribution >= 0.6 is 0 Å². The molecule has 2 fully saturated rings. The van der Waals surface area contributed by atoms with Crippen LogP contribution in [-0.2, 0) is 28.4 Å². The molecule has 4 heteroatoms. The zero-order valence-electron chi connectivity index (χ0n) is 16.9. The molecule has 144 valence electrons. The molecule has 2 aliphatic carbocycles. The quantitative estimate of drug-likeness (QED) is 0.747. The Balaban J connectivity index is 1.62. The Bertz CT molecular complexity index is 864. The number of rotatable bonds is 1. The van der Waals surface area contributed by atoms with Gasteiger partial charge in [-0.3, -0.25) is 4.68 Å². The van der Waals surface area contributed by atoms with Gasteiger partial charge >= 0.3 is 0 Å². The van der Waals surface area contributed by atoms with Crippen molar-refractivity contribution >= 4 is 0 Å². The summed E-state index contributed by atoms with van der Waals surface area (Å²) in [7, 11) is 2.09. The number of hydrogen-bond donors (Lipinski definition) is 0. The lowest BCUT2D eigenvalue weighted by Crippen LogP contribution is -2.61. The van der Waals surface area contributed by atoms with E-state index in [0.29, 0.717) is 5.92 Å². The first-order valence-corrected chi connectivity index (χ1v) is 10.3. The second kappa shape index (κ2) is 5.68. The molecule has 4 nitrogen and oxygen atoms in total. The fraction of sp³-hybridized carbons (Fsp3) is 0.609. The predicted octanol–water partition coefficient (Wildman–Crippen LogP) is 4.47. The second-order valence-electron chi connectivity index (χ2n) is 9.35. The highest BCUT2D eigenvalue weighted by Gasteiger charge is 2.64. The third-order valence-corrected chi connectivity index (χ3v) is 7.77. The van der Waals surface area contributed by atoms with E-state index >= 15 is 0 Å². The third-order valence-electron chi connectivity index (χ3n) is 7.77. The first-order valence-electron chi connectivity index (χ1n) is 10.3. The Hall–Kier alpha value is -1.65. The van der Waals surface area contributed by atoms with Gasteiger partial charge in [-0.2, -0.15) is 5.10 Å². The fourth-order valence-corrected chi connectivity index (χ4v) is 6.43. The van der Waals surface area contributed by atoms with Crippen LogP contribution in [0.3, 0.4) is 0 Å². The fourth-order valence-electron chi connectivity index (χ4n) is 6.43. The number of benzene rings is 1. The van der Waals surface area contributed by atoms with Gasteiger partial charge in [0.1, 0.15) is 0 Å². The standard InChI is InChI=1S/C23H30N2O2/c1-21(2)18-11-10-17-19(16-8-6-5-7-9-16)25(4)24-20(17)22(18,3)12-13-23(21)26-14-15-27-23/h5-9,18H,10-15H2,1-4H3/t18-,22-/m0/s1. The summed E-state index contributed by atoms with van der Waals surface area (Å²) < 4.78 is 14.6. The van der Waals surface area contributed by atoms with E-state index < -0.39 is 5.79 Å². The zero-order chi connectivity index (χ0) is 18.9. The van der Waals surface area contributed by atoms with Crippen LogP contribution in [-0.4, -0.2) is 28.8 Å². The van der Waals surface area contributed by atoms with Gasteiger partial charge in [-0.05, 0) is 25.2 Å². The second-order valence-corrected chi connectivity index (χ2v) is 9.35. The summed E-state index contributed by atoms with van der Waals surface area (Å²) in [6.45, 7) is 8.58. The molecule has 2 atom stereocenters. The van der Waals surface area contributed by atoms with Gasteiger partial charge in [-0.25, -0.2) is 0 Å². The first-order chi connectivity index (χ1) is 12.9. The maximum absolute atomic E-state index is 6.23. The Labute approximate surface area is 161 Å². The van der Waals surface area contributed by atoms with Crippen LogP contribution in [0.1, 0.15) is 51.3 Å². The molecule has 5 rings (SSSR count). The number of fused-ring (bicyclic) bond motifs is 3. The molecule has 3 aliphatic rings. The summed E-state index contributed by atoms with van der Waals surface area (Å²) in [4.78, 5) is 0. The summed E-state index contributed by atoms with van der Waals surface area (Å²) in [5, 5.41) is 5.10. The molecule has 0 amide bonds. The smallest absolute Gasteiger partial charge is 0.173 e. The maximum atomic E-state index is 6.23. The predicted molar refractivity (Wildman–Crippen MR) is 105 cm³/mol. The molecule has 0 bridgehead atoms. The molecule has 2 aromatic rings. The number of hydrogen-bond acceptors (Lipinski definition) is 3. The molecule has 2 heterocycles. The number of ether oxygens (including phenoxy) is 2. The molecular weight excluding hydrogens is 336 g/mol. The summed E-state index contributed by atoms with van der Waals surface area (Å²) >= 11 is 0. The van der Waals surface area contributed by atoms with Crippen molar-refractivity contribution in [2.75, 3.05) is 13.2 Å². The Morgan fingerprint density at radius 1 is 1.04 bits per heavy atom. The van der Waals surface area contributed by atoms with E-state index in [2.05, 4.69) is 62.8 Å². The first kappa shape index (κ1) is 17.4. The largest absolute Gasteiger partial charge is 0.347 e. The molecule has 0 N–H and O–H groups in total. The molecule has 1 aromatic carbocycles. The van der Waals surface area contributed by atoms with Crippen LogP contribution in [0.4, 0.5) is 0 Å². The summed E-state index contributed by atoms with van der Waals surface area (Å²) in [6, 6.07) is 10.7. The summed E-state index contributed by atoms with van der Waals surface area (Å²) in [6.07, 6.45) is 4.26. The molecule has 0 radical (unpaired) electrons. The number of aryl methyl sites for hydroxylation is 1. The van der Waals surface area contributed by atoms with E-state index in [-0.39, 0.29) is 10.8 Å². The van der Waals surface area contributed by atoms with E-state index in [4.69, 9.17) is 14.6 Å². The van der Waals surface area contributed by atoms with Gasteiger partial charge in [0.05, 0.1) is 24.6 Å². The summed E-state index contributed by atoms with van der Waals surface area (Å²) in [5.41, 5.74) is 5.35. The highest BCUT2D eigenvalue weighted by atomic mass is 16.7. The van der Waals surface area contributed by atoms with Gasteiger partial charge in [-0.1, -0.05) is 51.1 Å². The minimum Gasteiger partial charge on any atom is -0.347 e. The highest BCUT2D eigenvalue weighted by molar-refractivity contribution is 5.66. The van der Waals surface area contributed by atoms with E-state index in [1.54, 1.807) is 0 Å². The SMILES string of the molecule is Cn1nc2c(c1-c1ccccc1)CC[C@H]1C(C)(C)C3(CC[C@]21C)OCCO3. The lowest BCUT2D eigenvalue weighted by molar-refractivity contribution is -0.276. The van der Waals surface area contributed by atoms with Crippen molar-refractivity contribution in [3.8, 4) is 11.3 Å². The van der Waals surface area contributed by atoms with Crippen LogP contribution in [0, 0.1) is 11.3 Å². The van der Waals surface area contributed by atoms with Gasteiger partial charge in [-0.15, -0.1) is 0 Å². The number of aromatic nitrogens is 2. The average Bonchev–Trinajstić information content (AvgIpc) is 3.26. The van der Waals surface area contributed by atoms with Gasteiger partial charge in [0.15, 0.2) is 5.79 Å². The van der Waals surface area contributed by atoms with Crippen LogP contribution in [0.15, 0.2) is 30.3 Å². The van der Waals surface area contributed by atoms with Crippen molar-refractivity contribution in [3.05, 3.63) is 41.6 Å². The van der Waals surface area contributed by atoms with Gasteiger partial charge in [0.2, 0.25) is 0 Å². The van der Waals surface area contributed by atoms with Crippen molar-refractivity contribution in [3.63, 3.8) is 0 Å². The van der Waals surface area contributed by atoms with Crippen LogP contribution in [0.25, 0.3) is 11.3 Å². The highest BCUT2D eigenvalue weighted by Crippen LogP contribution is 2.62. The Morgan fingerprint density at radius 3 is 2.44 bits per heavy atom. The monoisotopic (exact) mass is 366 g/mol. The molecule has 1 spiro atoms. The maximum Gasteiger partial charge on any atom is 0.173 e. The molecular formula is C23H30N2O2. The van der Waals surface area contributed by atoms with Crippen LogP contribution in [0.5, 0.6) is 0 Å². The van der Waals surface area contributed by atoms with E-state index in [1.807, 2.05) is 0 Å².